The fourth-order valence-corrected chi connectivity index (χ4v) is 1.51. The number of carbonyl (C=O) groups is 1. The molecule has 86 valence electrons. The van der Waals surface area contributed by atoms with Crippen LogP contribution in [0.1, 0.15) is 29.3 Å². The van der Waals surface area contributed by atoms with Crippen molar-refractivity contribution >= 4 is 11.6 Å². The van der Waals surface area contributed by atoms with Crippen molar-refractivity contribution in [1.82, 2.24) is 5.32 Å². The van der Waals surface area contributed by atoms with Gasteiger partial charge in [-0.25, -0.2) is 0 Å². The highest BCUT2D eigenvalue weighted by atomic mass is 16.1. The summed E-state index contributed by atoms with van der Waals surface area (Å²) in [5, 5.41) is 2.90. The van der Waals surface area contributed by atoms with E-state index in [0.29, 0.717) is 11.3 Å². The summed E-state index contributed by atoms with van der Waals surface area (Å²) in [5.41, 5.74) is 7.85. The smallest absolute Gasteiger partial charge is 0.251 e. The van der Waals surface area contributed by atoms with Crippen LogP contribution in [-0.4, -0.2) is 11.9 Å². The standard InChI is InChI=1S/C13H18N2O/c1-4-6-9(2)15-13(16)11-7-5-8-12(14)10(11)3/h4-5,7-9H,1,6,14H2,2-3H3,(H,15,16). The normalized spacial score (nSPS) is 11.9. The van der Waals surface area contributed by atoms with Crippen LogP contribution in [0.25, 0.3) is 0 Å². The molecule has 0 saturated heterocycles. The van der Waals surface area contributed by atoms with E-state index in [1.165, 1.54) is 0 Å². The van der Waals surface area contributed by atoms with E-state index >= 15 is 0 Å². The van der Waals surface area contributed by atoms with Gasteiger partial charge in [-0.15, -0.1) is 6.58 Å². The van der Waals surface area contributed by atoms with Crippen LogP contribution in [0.5, 0.6) is 0 Å². The maximum atomic E-state index is 11.9. The predicted octanol–water partition coefficient (Wildman–Crippen LogP) is 2.27. The minimum absolute atomic E-state index is 0.0841. The Morgan fingerprint density at radius 2 is 2.31 bits per heavy atom. The van der Waals surface area contributed by atoms with Crippen molar-refractivity contribution in [2.24, 2.45) is 0 Å². The molecular weight excluding hydrogens is 200 g/mol. The molecular formula is C13H18N2O. The summed E-state index contributed by atoms with van der Waals surface area (Å²) in [6.07, 6.45) is 2.55. The van der Waals surface area contributed by atoms with E-state index in [0.717, 1.165) is 12.0 Å². The van der Waals surface area contributed by atoms with Gasteiger partial charge < -0.3 is 11.1 Å². The molecule has 0 aromatic heterocycles. The van der Waals surface area contributed by atoms with Gasteiger partial charge in [0.2, 0.25) is 0 Å². The van der Waals surface area contributed by atoms with Crippen LogP contribution in [0.4, 0.5) is 5.69 Å². The van der Waals surface area contributed by atoms with Crippen molar-refractivity contribution in [3.05, 3.63) is 42.0 Å². The SMILES string of the molecule is C=CCC(C)NC(=O)c1cccc(N)c1C. The molecule has 0 bridgehead atoms. The van der Waals surface area contributed by atoms with Gasteiger partial charge >= 0.3 is 0 Å². The number of amides is 1. The number of carbonyl (C=O) groups excluding carboxylic acids is 1. The van der Waals surface area contributed by atoms with E-state index < -0.39 is 0 Å². The molecule has 0 spiro atoms. The zero-order valence-electron chi connectivity index (χ0n) is 9.79. The Bertz CT molecular complexity index is 399. The van der Waals surface area contributed by atoms with Crippen LogP contribution in [0, 0.1) is 6.92 Å². The van der Waals surface area contributed by atoms with E-state index in [1.54, 1.807) is 24.3 Å². The van der Waals surface area contributed by atoms with Crippen LogP contribution in [-0.2, 0) is 0 Å². The second kappa shape index (κ2) is 5.35. The molecule has 16 heavy (non-hydrogen) atoms. The molecule has 0 aliphatic carbocycles. The quantitative estimate of drug-likeness (QED) is 0.601. The predicted molar refractivity (Wildman–Crippen MR) is 67.3 cm³/mol. The number of hydrogen-bond acceptors (Lipinski definition) is 2. The zero-order valence-corrected chi connectivity index (χ0v) is 9.79. The molecule has 3 nitrogen and oxygen atoms in total. The zero-order chi connectivity index (χ0) is 12.1. The van der Waals surface area contributed by atoms with E-state index in [4.69, 9.17) is 5.73 Å². The molecule has 1 rings (SSSR count). The van der Waals surface area contributed by atoms with Crippen LogP contribution in [0.3, 0.4) is 0 Å². The molecule has 1 atom stereocenters. The van der Waals surface area contributed by atoms with Gasteiger partial charge in [0.05, 0.1) is 0 Å². The number of anilines is 1. The molecule has 3 heteroatoms. The minimum atomic E-state index is -0.0841. The Morgan fingerprint density at radius 3 is 2.94 bits per heavy atom. The largest absolute Gasteiger partial charge is 0.398 e. The lowest BCUT2D eigenvalue weighted by molar-refractivity contribution is 0.0940. The second-order valence-corrected chi connectivity index (χ2v) is 3.92. The minimum Gasteiger partial charge on any atom is -0.398 e. The molecule has 1 amide bonds. The summed E-state index contributed by atoms with van der Waals surface area (Å²) in [4.78, 5) is 11.9. The Kier molecular flexibility index (Phi) is 4.11. The lowest BCUT2D eigenvalue weighted by atomic mass is 10.1. The average Bonchev–Trinajstić information content (AvgIpc) is 2.22. The Balaban J connectivity index is 2.81. The van der Waals surface area contributed by atoms with Crippen LogP contribution >= 0.6 is 0 Å². The van der Waals surface area contributed by atoms with Crippen LogP contribution in [0.2, 0.25) is 0 Å². The first-order valence-corrected chi connectivity index (χ1v) is 5.33. The van der Waals surface area contributed by atoms with Crippen molar-refractivity contribution in [1.29, 1.82) is 0 Å². The van der Waals surface area contributed by atoms with Gasteiger partial charge in [-0.3, -0.25) is 4.79 Å². The van der Waals surface area contributed by atoms with E-state index in [9.17, 15) is 4.79 Å². The van der Waals surface area contributed by atoms with Gasteiger partial charge in [0, 0.05) is 17.3 Å². The second-order valence-electron chi connectivity index (χ2n) is 3.92. The third kappa shape index (κ3) is 2.86. The molecule has 3 N–H and O–H groups in total. The van der Waals surface area contributed by atoms with Gasteiger partial charge in [-0.2, -0.15) is 0 Å². The maximum Gasteiger partial charge on any atom is 0.251 e. The van der Waals surface area contributed by atoms with Crippen molar-refractivity contribution in [3.8, 4) is 0 Å². The van der Waals surface area contributed by atoms with E-state index in [2.05, 4.69) is 11.9 Å². The van der Waals surface area contributed by atoms with Crippen molar-refractivity contribution in [2.45, 2.75) is 26.3 Å². The molecule has 1 aromatic rings. The number of nitrogens with two attached hydrogens (primary N) is 1. The maximum absolute atomic E-state index is 11.9. The topological polar surface area (TPSA) is 55.1 Å². The summed E-state index contributed by atoms with van der Waals surface area (Å²) in [5.74, 6) is -0.0841. The number of rotatable bonds is 4. The fraction of sp³-hybridized carbons (Fsp3) is 0.308. The first-order chi connectivity index (χ1) is 7.56. The van der Waals surface area contributed by atoms with E-state index in [-0.39, 0.29) is 11.9 Å². The lowest BCUT2D eigenvalue weighted by Crippen LogP contribution is -2.32. The van der Waals surface area contributed by atoms with Gasteiger partial charge in [-0.05, 0) is 38.0 Å². The van der Waals surface area contributed by atoms with Crippen LogP contribution in [0.15, 0.2) is 30.9 Å². The molecule has 0 aliphatic rings. The Labute approximate surface area is 96.3 Å². The summed E-state index contributed by atoms with van der Waals surface area (Å²) < 4.78 is 0. The third-order valence-electron chi connectivity index (χ3n) is 2.52. The summed E-state index contributed by atoms with van der Waals surface area (Å²) in [6.45, 7) is 7.44. The molecule has 0 fully saturated rings. The van der Waals surface area contributed by atoms with Crippen molar-refractivity contribution in [3.63, 3.8) is 0 Å². The summed E-state index contributed by atoms with van der Waals surface area (Å²) in [7, 11) is 0. The van der Waals surface area contributed by atoms with Gasteiger partial charge in [0.25, 0.3) is 5.91 Å². The first kappa shape index (κ1) is 12.3. The lowest BCUT2D eigenvalue weighted by Gasteiger charge is -2.13. The Hall–Kier alpha value is -1.77. The van der Waals surface area contributed by atoms with Gasteiger partial charge in [0.1, 0.15) is 0 Å². The van der Waals surface area contributed by atoms with Crippen LogP contribution < -0.4 is 11.1 Å². The summed E-state index contributed by atoms with van der Waals surface area (Å²) in [6, 6.07) is 5.45. The van der Waals surface area contributed by atoms with Crippen molar-refractivity contribution in [2.75, 3.05) is 5.73 Å². The molecule has 1 aromatic carbocycles. The summed E-state index contributed by atoms with van der Waals surface area (Å²) >= 11 is 0. The molecule has 0 heterocycles. The monoisotopic (exact) mass is 218 g/mol. The molecule has 1 unspecified atom stereocenters. The molecule has 0 saturated carbocycles. The number of nitrogen functional groups attached to an aromatic ring is 1. The number of benzene rings is 1. The Morgan fingerprint density at radius 1 is 1.62 bits per heavy atom. The van der Waals surface area contributed by atoms with Gasteiger partial charge in [0.15, 0.2) is 0 Å². The highest BCUT2D eigenvalue weighted by Gasteiger charge is 2.12. The third-order valence-corrected chi connectivity index (χ3v) is 2.52. The van der Waals surface area contributed by atoms with Crippen molar-refractivity contribution < 1.29 is 4.79 Å². The number of hydrogen-bond donors (Lipinski definition) is 2. The number of nitrogens with one attached hydrogen (secondary N) is 1. The van der Waals surface area contributed by atoms with E-state index in [1.807, 2.05) is 13.8 Å². The highest BCUT2D eigenvalue weighted by molar-refractivity contribution is 5.97. The molecule has 0 aliphatic heterocycles. The van der Waals surface area contributed by atoms with Gasteiger partial charge in [-0.1, -0.05) is 12.1 Å². The molecule has 0 radical (unpaired) electrons. The highest BCUT2D eigenvalue weighted by Crippen LogP contribution is 2.15. The average molecular weight is 218 g/mol. The fourth-order valence-electron chi connectivity index (χ4n) is 1.51. The first-order valence-electron chi connectivity index (χ1n) is 5.33.